The highest BCUT2D eigenvalue weighted by Gasteiger charge is 2.30. The minimum Gasteiger partial charge on any atom is -0.365 e. The Kier molecular flexibility index (Phi) is 4.39. The van der Waals surface area contributed by atoms with Crippen LogP contribution in [-0.4, -0.2) is 19.9 Å². The molecule has 6 nitrogen and oxygen atoms in total. The SMILES string of the molecule is FC(F)(F)c1ccc(-c2noc(-c3cc4n(n3)CC(c3ccccc3)OC4)n2)cc1. The summed E-state index contributed by atoms with van der Waals surface area (Å²) in [5.41, 5.74) is 2.14. The summed E-state index contributed by atoms with van der Waals surface area (Å²) in [5, 5.41) is 8.42. The van der Waals surface area contributed by atoms with Gasteiger partial charge in [0.15, 0.2) is 5.69 Å². The Balaban J connectivity index is 1.37. The number of rotatable bonds is 3. The topological polar surface area (TPSA) is 66.0 Å². The lowest BCUT2D eigenvalue weighted by molar-refractivity contribution is -0.137. The van der Waals surface area contributed by atoms with Gasteiger partial charge < -0.3 is 9.26 Å². The molecular formula is C21H15F3N4O2. The van der Waals surface area contributed by atoms with Crippen LogP contribution < -0.4 is 0 Å². The van der Waals surface area contributed by atoms with E-state index in [0.717, 1.165) is 23.4 Å². The first-order valence-corrected chi connectivity index (χ1v) is 9.22. The molecular weight excluding hydrogens is 397 g/mol. The monoisotopic (exact) mass is 412 g/mol. The van der Waals surface area contributed by atoms with E-state index in [-0.39, 0.29) is 17.8 Å². The van der Waals surface area contributed by atoms with Crippen LogP contribution in [0.4, 0.5) is 13.2 Å². The largest absolute Gasteiger partial charge is 0.416 e. The van der Waals surface area contributed by atoms with E-state index in [1.807, 2.05) is 41.1 Å². The molecule has 0 saturated carbocycles. The Labute approximate surface area is 168 Å². The van der Waals surface area contributed by atoms with Gasteiger partial charge in [-0.05, 0) is 23.8 Å². The number of halogens is 3. The number of fused-ring (bicyclic) bond motifs is 1. The fraction of sp³-hybridized carbons (Fsp3) is 0.190. The van der Waals surface area contributed by atoms with Crippen molar-refractivity contribution in [2.75, 3.05) is 0 Å². The van der Waals surface area contributed by atoms with E-state index >= 15 is 0 Å². The molecule has 1 aliphatic heterocycles. The molecule has 1 aliphatic rings. The number of ether oxygens (including phenoxy) is 1. The summed E-state index contributed by atoms with van der Waals surface area (Å²) in [6.45, 7) is 0.950. The molecule has 0 fully saturated rings. The zero-order chi connectivity index (χ0) is 20.7. The Hall–Kier alpha value is -3.46. The minimum absolute atomic E-state index is 0.100. The zero-order valence-electron chi connectivity index (χ0n) is 15.5. The Morgan fingerprint density at radius 1 is 1.00 bits per heavy atom. The average molecular weight is 412 g/mol. The smallest absolute Gasteiger partial charge is 0.365 e. The van der Waals surface area contributed by atoms with Gasteiger partial charge in [0.2, 0.25) is 5.82 Å². The summed E-state index contributed by atoms with van der Waals surface area (Å²) < 4.78 is 51.2. The molecule has 0 N–H and O–H groups in total. The predicted octanol–water partition coefficient (Wildman–Crippen LogP) is 4.89. The lowest BCUT2D eigenvalue weighted by Gasteiger charge is -2.24. The van der Waals surface area contributed by atoms with Crippen LogP contribution in [0.25, 0.3) is 23.0 Å². The molecule has 4 aromatic rings. The van der Waals surface area contributed by atoms with E-state index in [1.54, 1.807) is 0 Å². The van der Waals surface area contributed by atoms with Crippen molar-refractivity contribution in [2.45, 2.75) is 25.4 Å². The summed E-state index contributed by atoms with van der Waals surface area (Å²) in [6, 6.07) is 16.3. The lowest BCUT2D eigenvalue weighted by Crippen LogP contribution is -2.21. The molecule has 1 unspecified atom stereocenters. The first kappa shape index (κ1) is 18.6. The molecule has 0 radical (unpaired) electrons. The van der Waals surface area contributed by atoms with Gasteiger partial charge in [-0.15, -0.1) is 0 Å². The van der Waals surface area contributed by atoms with Gasteiger partial charge in [0.1, 0.15) is 6.10 Å². The van der Waals surface area contributed by atoms with E-state index in [0.29, 0.717) is 24.4 Å². The average Bonchev–Trinajstić information content (AvgIpc) is 3.40. The minimum atomic E-state index is -4.39. The molecule has 9 heteroatoms. The third kappa shape index (κ3) is 3.48. The van der Waals surface area contributed by atoms with Crippen molar-refractivity contribution >= 4 is 0 Å². The highest BCUT2D eigenvalue weighted by atomic mass is 19.4. The number of aromatic nitrogens is 4. The van der Waals surface area contributed by atoms with E-state index in [4.69, 9.17) is 9.26 Å². The lowest BCUT2D eigenvalue weighted by atomic mass is 10.1. The van der Waals surface area contributed by atoms with Gasteiger partial charge in [0.05, 0.1) is 24.4 Å². The Bertz CT molecular complexity index is 1170. The summed E-state index contributed by atoms with van der Waals surface area (Å²) in [4.78, 5) is 4.29. The second-order valence-corrected chi connectivity index (χ2v) is 6.91. The number of hydrogen-bond donors (Lipinski definition) is 0. The van der Waals surface area contributed by atoms with E-state index in [2.05, 4.69) is 15.2 Å². The van der Waals surface area contributed by atoms with Gasteiger partial charge in [-0.3, -0.25) is 4.68 Å². The molecule has 3 heterocycles. The zero-order valence-corrected chi connectivity index (χ0v) is 15.5. The molecule has 1 atom stereocenters. The normalized spacial score (nSPS) is 16.4. The summed E-state index contributed by atoms with van der Waals surface area (Å²) >= 11 is 0. The quantitative estimate of drug-likeness (QED) is 0.479. The number of benzene rings is 2. The van der Waals surface area contributed by atoms with Gasteiger partial charge in [0, 0.05) is 5.56 Å². The Morgan fingerprint density at radius 2 is 1.77 bits per heavy atom. The molecule has 30 heavy (non-hydrogen) atoms. The van der Waals surface area contributed by atoms with Crippen LogP contribution in [0.2, 0.25) is 0 Å². The van der Waals surface area contributed by atoms with Gasteiger partial charge in [-0.25, -0.2) is 0 Å². The summed E-state index contributed by atoms with van der Waals surface area (Å²) in [7, 11) is 0. The fourth-order valence-corrected chi connectivity index (χ4v) is 3.35. The van der Waals surface area contributed by atoms with Gasteiger partial charge in [-0.2, -0.15) is 23.3 Å². The third-order valence-electron chi connectivity index (χ3n) is 4.92. The first-order valence-electron chi connectivity index (χ1n) is 9.22. The van der Waals surface area contributed by atoms with Crippen molar-refractivity contribution in [1.29, 1.82) is 0 Å². The van der Waals surface area contributed by atoms with Crippen LogP contribution in [0.3, 0.4) is 0 Å². The number of nitrogens with zero attached hydrogens (tertiary/aromatic N) is 4. The van der Waals surface area contributed by atoms with Crippen molar-refractivity contribution in [2.24, 2.45) is 0 Å². The maximum atomic E-state index is 12.7. The molecule has 0 saturated heterocycles. The maximum absolute atomic E-state index is 12.7. The van der Waals surface area contributed by atoms with Crippen molar-refractivity contribution in [3.63, 3.8) is 0 Å². The molecule has 0 bridgehead atoms. The van der Waals surface area contributed by atoms with Gasteiger partial charge >= 0.3 is 6.18 Å². The van der Waals surface area contributed by atoms with Crippen LogP contribution in [0.5, 0.6) is 0 Å². The molecule has 2 aromatic carbocycles. The highest BCUT2D eigenvalue weighted by Crippen LogP contribution is 2.32. The van der Waals surface area contributed by atoms with Crippen LogP contribution in [0.1, 0.15) is 22.9 Å². The van der Waals surface area contributed by atoms with Gasteiger partial charge in [-0.1, -0.05) is 47.6 Å². The number of hydrogen-bond acceptors (Lipinski definition) is 5. The third-order valence-corrected chi connectivity index (χ3v) is 4.92. The highest BCUT2D eigenvalue weighted by molar-refractivity contribution is 5.58. The molecule has 0 amide bonds. The van der Waals surface area contributed by atoms with E-state index in [1.165, 1.54) is 12.1 Å². The van der Waals surface area contributed by atoms with Crippen LogP contribution in [0, 0.1) is 0 Å². The molecule has 5 rings (SSSR count). The number of alkyl halides is 3. The van der Waals surface area contributed by atoms with Crippen molar-refractivity contribution < 1.29 is 22.4 Å². The standard InChI is InChI=1S/C21H15F3N4O2/c22-21(23,24)15-8-6-14(7-9-15)19-25-20(30-27-19)17-10-16-12-29-18(11-28(16)26-17)13-4-2-1-3-5-13/h1-10,18H,11-12H2. The maximum Gasteiger partial charge on any atom is 0.416 e. The second kappa shape index (κ2) is 7.10. The molecule has 0 spiro atoms. The first-order chi connectivity index (χ1) is 14.5. The van der Waals surface area contributed by atoms with E-state index in [9.17, 15) is 13.2 Å². The van der Waals surface area contributed by atoms with Crippen molar-refractivity contribution in [3.05, 3.63) is 77.5 Å². The van der Waals surface area contributed by atoms with Crippen molar-refractivity contribution in [3.8, 4) is 23.0 Å². The molecule has 152 valence electrons. The fourth-order valence-electron chi connectivity index (χ4n) is 3.35. The van der Waals surface area contributed by atoms with E-state index < -0.39 is 11.7 Å². The predicted molar refractivity (Wildman–Crippen MR) is 99.9 cm³/mol. The molecule has 0 aliphatic carbocycles. The molecule has 2 aromatic heterocycles. The summed E-state index contributed by atoms with van der Waals surface area (Å²) in [5.74, 6) is 0.395. The van der Waals surface area contributed by atoms with Crippen LogP contribution in [-0.2, 0) is 24.1 Å². The van der Waals surface area contributed by atoms with Crippen LogP contribution in [0.15, 0.2) is 65.2 Å². The van der Waals surface area contributed by atoms with Gasteiger partial charge in [0.25, 0.3) is 5.89 Å². The second-order valence-electron chi connectivity index (χ2n) is 6.91. The summed E-state index contributed by atoms with van der Waals surface area (Å²) in [6.07, 6.45) is -4.49. The van der Waals surface area contributed by atoms with Crippen molar-refractivity contribution in [1.82, 2.24) is 19.9 Å². The van der Waals surface area contributed by atoms with Crippen LogP contribution >= 0.6 is 0 Å². The Morgan fingerprint density at radius 3 is 2.50 bits per heavy atom.